The van der Waals surface area contributed by atoms with Gasteiger partial charge < -0.3 is 5.32 Å². The molecule has 0 bridgehead atoms. The van der Waals surface area contributed by atoms with Crippen molar-refractivity contribution in [1.82, 2.24) is 10.2 Å². The lowest BCUT2D eigenvalue weighted by molar-refractivity contribution is 0.192. The molecule has 0 spiro atoms. The third-order valence-corrected chi connectivity index (χ3v) is 4.77. The molecular formula is C16H26N2S. The fourth-order valence-corrected chi connectivity index (χ4v) is 3.53. The van der Waals surface area contributed by atoms with Crippen molar-refractivity contribution in [1.29, 1.82) is 0 Å². The largest absolute Gasteiger partial charge is 0.310 e. The first-order valence-electron chi connectivity index (χ1n) is 7.24. The normalized spacial score (nSPS) is 24.1. The van der Waals surface area contributed by atoms with Crippen LogP contribution < -0.4 is 5.32 Å². The number of hydrogen-bond donors (Lipinski definition) is 1. The maximum atomic E-state index is 3.64. The van der Waals surface area contributed by atoms with Crippen LogP contribution in [0.25, 0.3) is 0 Å². The summed E-state index contributed by atoms with van der Waals surface area (Å²) < 4.78 is 0. The molecule has 0 aliphatic carbocycles. The van der Waals surface area contributed by atoms with Crippen LogP contribution in [0.4, 0.5) is 0 Å². The zero-order chi connectivity index (χ0) is 13.7. The van der Waals surface area contributed by atoms with Gasteiger partial charge in [-0.1, -0.05) is 18.2 Å². The van der Waals surface area contributed by atoms with Gasteiger partial charge in [0.1, 0.15) is 0 Å². The molecule has 0 radical (unpaired) electrons. The van der Waals surface area contributed by atoms with E-state index in [9.17, 15) is 0 Å². The topological polar surface area (TPSA) is 15.3 Å². The quantitative estimate of drug-likeness (QED) is 0.851. The molecule has 2 nitrogen and oxygen atoms in total. The smallest absolute Gasteiger partial charge is 0.0252 e. The Hall–Kier alpha value is -0.510. The summed E-state index contributed by atoms with van der Waals surface area (Å²) in [6.45, 7) is 10.4. The molecule has 0 amide bonds. The Morgan fingerprint density at radius 3 is 2.79 bits per heavy atom. The summed E-state index contributed by atoms with van der Waals surface area (Å²) in [5, 5.41) is 3.64. The van der Waals surface area contributed by atoms with Crippen molar-refractivity contribution in [3.63, 3.8) is 0 Å². The summed E-state index contributed by atoms with van der Waals surface area (Å²) in [5.74, 6) is 1.17. The number of benzene rings is 1. The van der Waals surface area contributed by atoms with Crippen molar-refractivity contribution in [3.05, 3.63) is 30.3 Å². The van der Waals surface area contributed by atoms with E-state index in [1.54, 1.807) is 0 Å². The molecule has 1 aromatic rings. The van der Waals surface area contributed by atoms with E-state index >= 15 is 0 Å². The van der Waals surface area contributed by atoms with E-state index < -0.39 is 0 Å². The predicted molar refractivity (Wildman–Crippen MR) is 84.9 cm³/mol. The van der Waals surface area contributed by atoms with Gasteiger partial charge >= 0.3 is 0 Å². The molecule has 0 aromatic heterocycles. The lowest BCUT2D eigenvalue weighted by atomic mass is 10.1. The Bertz CT molecular complexity index is 378. The zero-order valence-electron chi connectivity index (χ0n) is 12.4. The van der Waals surface area contributed by atoms with Crippen LogP contribution in [0.3, 0.4) is 0 Å². The average molecular weight is 278 g/mol. The third kappa shape index (κ3) is 4.83. The lowest BCUT2D eigenvalue weighted by Gasteiger charge is -2.32. The van der Waals surface area contributed by atoms with Gasteiger partial charge in [-0.25, -0.2) is 0 Å². The van der Waals surface area contributed by atoms with Crippen molar-refractivity contribution in [2.24, 2.45) is 0 Å². The Balaban J connectivity index is 1.83. The fraction of sp³-hybridized carbons (Fsp3) is 0.625. The highest BCUT2D eigenvalue weighted by Crippen LogP contribution is 2.20. The Morgan fingerprint density at radius 1 is 1.32 bits per heavy atom. The van der Waals surface area contributed by atoms with Gasteiger partial charge in [-0.3, -0.25) is 4.90 Å². The van der Waals surface area contributed by atoms with Crippen LogP contribution in [-0.2, 0) is 0 Å². The molecule has 0 saturated carbocycles. The summed E-state index contributed by atoms with van der Waals surface area (Å²) in [5.41, 5.74) is 0.238. The minimum absolute atomic E-state index is 0.238. The van der Waals surface area contributed by atoms with Crippen LogP contribution in [0.15, 0.2) is 35.2 Å². The van der Waals surface area contributed by atoms with Gasteiger partial charge in [-0.15, -0.1) is 11.8 Å². The molecule has 1 aromatic carbocycles. The summed E-state index contributed by atoms with van der Waals surface area (Å²) in [4.78, 5) is 4.01. The van der Waals surface area contributed by atoms with E-state index in [0.29, 0.717) is 6.04 Å². The fourth-order valence-electron chi connectivity index (χ4n) is 2.62. The number of rotatable bonds is 4. The molecule has 1 aliphatic heterocycles. The number of hydrogen-bond acceptors (Lipinski definition) is 3. The summed E-state index contributed by atoms with van der Waals surface area (Å²) >= 11 is 1.96. The van der Waals surface area contributed by atoms with E-state index in [0.717, 1.165) is 13.1 Å². The first-order chi connectivity index (χ1) is 9.07. The molecule has 1 fully saturated rings. The number of thioether (sulfide) groups is 1. The summed E-state index contributed by atoms with van der Waals surface area (Å²) in [7, 11) is 0. The SMILES string of the molecule is CC1CCNC(C)(C)CN1CCSc1ccccc1. The van der Waals surface area contributed by atoms with Crippen LogP contribution in [-0.4, -0.2) is 41.9 Å². The van der Waals surface area contributed by atoms with E-state index in [1.807, 2.05) is 11.8 Å². The second kappa shape index (κ2) is 6.78. The first kappa shape index (κ1) is 14.9. The molecule has 106 valence electrons. The molecule has 1 aliphatic rings. The maximum Gasteiger partial charge on any atom is 0.0252 e. The van der Waals surface area contributed by atoms with Crippen LogP contribution in [0.1, 0.15) is 27.2 Å². The molecule has 1 saturated heterocycles. The second-order valence-electron chi connectivity index (χ2n) is 6.08. The van der Waals surface area contributed by atoms with Gasteiger partial charge in [0.2, 0.25) is 0 Å². The molecular weight excluding hydrogens is 252 g/mol. The minimum Gasteiger partial charge on any atom is -0.310 e. The van der Waals surface area contributed by atoms with Gasteiger partial charge in [-0.05, 0) is 45.9 Å². The van der Waals surface area contributed by atoms with Crippen molar-refractivity contribution in [2.75, 3.05) is 25.4 Å². The minimum atomic E-state index is 0.238. The maximum absolute atomic E-state index is 3.64. The van der Waals surface area contributed by atoms with Crippen LogP contribution in [0.2, 0.25) is 0 Å². The number of nitrogens with zero attached hydrogens (tertiary/aromatic N) is 1. The summed E-state index contributed by atoms with van der Waals surface area (Å²) in [6.07, 6.45) is 1.25. The average Bonchev–Trinajstić information content (AvgIpc) is 2.50. The van der Waals surface area contributed by atoms with Crippen molar-refractivity contribution >= 4 is 11.8 Å². The van der Waals surface area contributed by atoms with Crippen LogP contribution in [0.5, 0.6) is 0 Å². The molecule has 19 heavy (non-hydrogen) atoms. The van der Waals surface area contributed by atoms with Crippen LogP contribution in [0, 0.1) is 0 Å². The highest BCUT2D eigenvalue weighted by molar-refractivity contribution is 7.99. The Kier molecular flexibility index (Phi) is 5.31. The Morgan fingerprint density at radius 2 is 2.05 bits per heavy atom. The molecule has 2 rings (SSSR count). The first-order valence-corrected chi connectivity index (χ1v) is 8.22. The van der Waals surface area contributed by atoms with Crippen molar-refractivity contribution in [2.45, 2.75) is 43.7 Å². The molecule has 1 N–H and O–H groups in total. The molecule has 1 heterocycles. The van der Waals surface area contributed by atoms with Gasteiger partial charge in [0.25, 0.3) is 0 Å². The second-order valence-corrected chi connectivity index (χ2v) is 7.25. The number of nitrogens with one attached hydrogen (secondary N) is 1. The predicted octanol–water partition coefficient (Wildman–Crippen LogP) is 3.24. The lowest BCUT2D eigenvalue weighted by Crippen LogP contribution is -2.48. The van der Waals surface area contributed by atoms with Gasteiger partial charge in [0, 0.05) is 35.3 Å². The van der Waals surface area contributed by atoms with E-state index in [2.05, 4.69) is 61.3 Å². The standard InChI is InChI=1S/C16H26N2S/c1-14-9-10-17-16(2,3)13-18(14)11-12-19-15-7-5-4-6-8-15/h4-8,14,17H,9-13H2,1-3H3. The van der Waals surface area contributed by atoms with Gasteiger partial charge in [0.05, 0.1) is 0 Å². The third-order valence-electron chi connectivity index (χ3n) is 3.78. The summed E-state index contributed by atoms with van der Waals surface area (Å²) in [6, 6.07) is 11.4. The monoisotopic (exact) mass is 278 g/mol. The highest BCUT2D eigenvalue weighted by atomic mass is 32.2. The molecule has 3 heteroatoms. The van der Waals surface area contributed by atoms with Gasteiger partial charge in [0.15, 0.2) is 0 Å². The van der Waals surface area contributed by atoms with Crippen LogP contribution >= 0.6 is 11.8 Å². The zero-order valence-corrected chi connectivity index (χ0v) is 13.2. The Labute approximate surface area is 122 Å². The molecule has 1 unspecified atom stereocenters. The van der Waals surface area contributed by atoms with E-state index in [1.165, 1.54) is 23.6 Å². The van der Waals surface area contributed by atoms with E-state index in [4.69, 9.17) is 0 Å². The van der Waals surface area contributed by atoms with Crippen molar-refractivity contribution in [3.8, 4) is 0 Å². The van der Waals surface area contributed by atoms with Gasteiger partial charge in [-0.2, -0.15) is 0 Å². The van der Waals surface area contributed by atoms with E-state index in [-0.39, 0.29) is 5.54 Å². The highest BCUT2D eigenvalue weighted by Gasteiger charge is 2.27. The molecule has 1 atom stereocenters. The van der Waals surface area contributed by atoms with Crippen molar-refractivity contribution < 1.29 is 0 Å².